The predicted octanol–water partition coefficient (Wildman–Crippen LogP) is 0.277. The van der Waals surface area contributed by atoms with E-state index in [1.54, 1.807) is 11.0 Å². The number of hydrogen-bond donors (Lipinski definition) is 1. The zero-order chi connectivity index (χ0) is 15.9. The summed E-state index contributed by atoms with van der Waals surface area (Å²) in [5, 5.41) is 5.08. The zero-order valence-corrected chi connectivity index (χ0v) is 12.8. The first-order valence-electron chi connectivity index (χ1n) is 7.18. The summed E-state index contributed by atoms with van der Waals surface area (Å²) < 4.78 is 36.9. The van der Waals surface area contributed by atoms with E-state index in [9.17, 15) is 17.6 Å². The van der Waals surface area contributed by atoms with Gasteiger partial charge in [0.05, 0.1) is 0 Å². The van der Waals surface area contributed by atoms with Crippen molar-refractivity contribution in [2.75, 3.05) is 26.2 Å². The monoisotopic (exact) mass is 327 g/mol. The Morgan fingerprint density at radius 1 is 1.23 bits per heavy atom. The van der Waals surface area contributed by atoms with Crippen LogP contribution in [0.5, 0.6) is 0 Å². The lowest BCUT2D eigenvalue weighted by molar-refractivity contribution is -0.133. The molecule has 0 aromatic heterocycles. The molecule has 1 saturated carbocycles. The van der Waals surface area contributed by atoms with Crippen molar-refractivity contribution in [1.29, 1.82) is 0 Å². The average molecular weight is 327 g/mol. The van der Waals surface area contributed by atoms with Crippen molar-refractivity contribution in [2.24, 2.45) is 11.1 Å². The van der Waals surface area contributed by atoms with Crippen molar-refractivity contribution < 1.29 is 17.6 Å². The van der Waals surface area contributed by atoms with Gasteiger partial charge in [0.1, 0.15) is 5.82 Å². The number of rotatable bonds is 3. The van der Waals surface area contributed by atoms with E-state index in [1.807, 2.05) is 6.07 Å². The summed E-state index contributed by atoms with van der Waals surface area (Å²) in [5.74, 6) is -0.331. The fraction of sp³-hybridized carbons (Fsp3) is 0.500. The van der Waals surface area contributed by atoms with Crippen LogP contribution in [0.2, 0.25) is 0 Å². The van der Waals surface area contributed by atoms with Crippen LogP contribution in [0.1, 0.15) is 17.9 Å². The molecule has 22 heavy (non-hydrogen) atoms. The number of nitrogens with zero attached hydrogens (tertiary/aromatic N) is 2. The van der Waals surface area contributed by atoms with Crippen LogP contribution in [0, 0.1) is 11.7 Å². The topological polar surface area (TPSA) is 83.7 Å². The smallest absolute Gasteiger partial charge is 0.277 e. The molecular formula is C14H18FN3O3S. The van der Waals surface area contributed by atoms with E-state index >= 15 is 0 Å². The summed E-state index contributed by atoms with van der Waals surface area (Å²) in [6, 6.07) is 6.33. The van der Waals surface area contributed by atoms with Crippen molar-refractivity contribution in [3.8, 4) is 0 Å². The molecule has 8 heteroatoms. The Bertz CT molecular complexity index is 686. The Hall–Kier alpha value is -1.51. The molecule has 0 radical (unpaired) electrons. The van der Waals surface area contributed by atoms with Gasteiger partial charge in [-0.2, -0.15) is 12.7 Å². The second-order valence-corrected chi connectivity index (χ2v) is 7.32. The van der Waals surface area contributed by atoms with Gasteiger partial charge in [0.15, 0.2) is 0 Å². The van der Waals surface area contributed by atoms with E-state index < -0.39 is 10.2 Å². The molecule has 2 unspecified atom stereocenters. The maximum absolute atomic E-state index is 13.2. The molecular weight excluding hydrogens is 309 g/mol. The molecule has 2 N–H and O–H groups in total. The first-order chi connectivity index (χ1) is 10.4. The number of nitrogens with two attached hydrogens (primary N) is 1. The van der Waals surface area contributed by atoms with Crippen LogP contribution in [0.3, 0.4) is 0 Å². The molecule has 3 rings (SSSR count). The van der Waals surface area contributed by atoms with Crippen molar-refractivity contribution >= 4 is 16.1 Å². The molecule has 120 valence electrons. The van der Waals surface area contributed by atoms with Crippen LogP contribution in [0.4, 0.5) is 4.39 Å². The normalized spacial score (nSPS) is 26.0. The second-order valence-electron chi connectivity index (χ2n) is 5.77. The molecule has 0 spiro atoms. The van der Waals surface area contributed by atoms with E-state index in [0.717, 1.165) is 12.0 Å². The van der Waals surface area contributed by atoms with Crippen molar-refractivity contribution in [3.63, 3.8) is 0 Å². The highest BCUT2D eigenvalue weighted by Gasteiger charge is 2.46. The molecule has 1 heterocycles. The van der Waals surface area contributed by atoms with Crippen LogP contribution in [-0.2, 0) is 15.0 Å². The van der Waals surface area contributed by atoms with Crippen molar-refractivity contribution in [1.82, 2.24) is 9.21 Å². The van der Waals surface area contributed by atoms with Crippen LogP contribution >= 0.6 is 0 Å². The highest BCUT2D eigenvalue weighted by molar-refractivity contribution is 7.86. The highest BCUT2D eigenvalue weighted by atomic mass is 32.2. The summed E-state index contributed by atoms with van der Waals surface area (Å²) >= 11 is 0. The number of carbonyl (C=O) groups is 1. The molecule has 1 amide bonds. The minimum Gasteiger partial charge on any atom is -0.340 e. The van der Waals surface area contributed by atoms with E-state index in [4.69, 9.17) is 5.14 Å². The second kappa shape index (κ2) is 5.60. The summed E-state index contributed by atoms with van der Waals surface area (Å²) in [4.78, 5) is 14.1. The van der Waals surface area contributed by atoms with Crippen molar-refractivity contribution in [3.05, 3.63) is 35.6 Å². The largest absolute Gasteiger partial charge is 0.340 e. The Kier molecular flexibility index (Phi) is 3.92. The molecule has 1 aliphatic carbocycles. The molecule has 2 atom stereocenters. The van der Waals surface area contributed by atoms with Crippen LogP contribution in [0.15, 0.2) is 24.3 Å². The summed E-state index contributed by atoms with van der Waals surface area (Å²) in [6.45, 7) is 1.15. The summed E-state index contributed by atoms with van der Waals surface area (Å²) in [5.41, 5.74) is 0.849. The van der Waals surface area contributed by atoms with E-state index in [0.29, 0.717) is 13.1 Å². The highest BCUT2D eigenvalue weighted by Crippen LogP contribution is 2.48. The van der Waals surface area contributed by atoms with Crippen LogP contribution < -0.4 is 5.14 Å². The Morgan fingerprint density at radius 3 is 2.50 bits per heavy atom. The van der Waals surface area contributed by atoms with Gasteiger partial charge in [-0.05, 0) is 30.0 Å². The lowest BCUT2D eigenvalue weighted by Gasteiger charge is -2.33. The van der Waals surface area contributed by atoms with Gasteiger partial charge >= 0.3 is 0 Å². The molecule has 2 fully saturated rings. The average Bonchev–Trinajstić information content (AvgIpc) is 3.26. The maximum Gasteiger partial charge on any atom is 0.277 e. The van der Waals surface area contributed by atoms with Crippen molar-refractivity contribution in [2.45, 2.75) is 12.3 Å². The van der Waals surface area contributed by atoms with Gasteiger partial charge in [-0.25, -0.2) is 9.53 Å². The number of amides is 1. The van der Waals surface area contributed by atoms with Crippen LogP contribution in [0.25, 0.3) is 0 Å². The molecule has 0 bridgehead atoms. The van der Waals surface area contributed by atoms with E-state index in [-0.39, 0.29) is 36.6 Å². The van der Waals surface area contributed by atoms with Gasteiger partial charge in [0, 0.05) is 32.1 Å². The standard InChI is InChI=1S/C14H18FN3O3S/c15-11-3-1-2-10(8-11)12-9-13(12)14(19)17-4-6-18(7-5-17)22(16,20)21/h1-3,8,12-13H,4-7,9H2,(H2,16,20,21). The number of carbonyl (C=O) groups excluding carboxylic acids is 1. The Labute approximate surface area is 128 Å². The van der Waals surface area contributed by atoms with Gasteiger partial charge in [0.25, 0.3) is 10.2 Å². The third-order valence-electron chi connectivity index (χ3n) is 4.29. The lowest BCUT2D eigenvalue weighted by Crippen LogP contribution is -2.52. The molecule has 2 aliphatic rings. The third kappa shape index (κ3) is 3.13. The number of halogens is 1. The maximum atomic E-state index is 13.2. The third-order valence-corrected chi connectivity index (χ3v) is 5.38. The lowest BCUT2D eigenvalue weighted by atomic mass is 10.1. The zero-order valence-electron chi connectivity index (χ0n) is 12.0. The quantitative estimate of drug-likeness (QED) is 0.865. The predicted molar refractivity (Wildman–Crippen MR) is 78.5 cm³/mol. The van der Waals surface area contributed by atoms with Gasteiger partial charge in [-0.1, -0.05) is 12.1 Å². The fourth-order valence-corrected chi connectivity index (χ4v) is 3.64. The van der Waals surface area contributed by atoms with E-state index in [1.165, 1.54) is 16.4 Å². The van der Waals surface area contributed by atoms with Gasteiger partial charge in [-0.15, -0.1) is 0 Å². The summed E-state index contributed by atoms with van der Waals surface area (Å²) in [6.07, 6.45) is 0.720. The molecule has 1 aliphatic heterocycles. The molecule has 1 aromatic carbocycles. The SMILES string of the molecule is NS(=O)(=O)N1CCN(C(=O)C2CC2c2cccc(F)c2)CC1. The van der Waals surface area contributed by atoms with Gasteiger partial charge in [-0.3, -0.25) is 4.79 Å². The first-order valence-corrected chi connectivity index (χ1v) is 8.69. The van der Waals surface area contributed by atoms with Crippen LogP contribution in [-0.4, -0.2) is 49.7 Å². The van der Waals surface area contributed by atoms with Gasteiger partial charge in [0.2, 0.25) is 5.91 Å². The Morgan fingerprint density at radius 2 is 1.91 bits per heavy atom. The van der Waals surface area contributed by atoms with E-state index in [2.05, 4.69) is 0 Å². The minimum atomic E-state index is -3.68. The molecule has 6 nitrogen and oxygen atoms in total. The molecule has 1 aromatic rings. The fourth-order valence-electron chi connectivity index (χ4n) is 2.97. The summed E-state index contributed by atoms with van der Waals surface area (Å²) in [7, 11) is -3.68. The Balaban J connectivity index is 1.58. The first kappa shape index (κ1) is 15.4. The molecule has 1 saturated heterocycles. The number of benzene rings is 1. The van der Waals surface area contributed by atoms with Gasteiger partial charge < -0.3 is 4.90 Å². The number of hydrogen-bond acceptors (Lipinski definition) is 3. The minimum absolute atomic E-state index is 0.0170. The number of piperazine rings is 1.